The number of carboxylic acid groups (broad SMARTS) is 1. The number of hydrogen-bond donors (Lipinski definition) is 3. The van der Waals surface area contributed by atoms with Crippen LogP contribution in [0.25, 0.3) is 0 Å². The van der Waals surface area contributed by atoms with Gasteiger partial charge in [-0.15, -0.1) is 0 Å². The van der Waals surface area contributed by atoms with E-state index in [0.29, 0.717) is 51.6 Å². The molecule has 1 fully saturated rings. The van der Waals surface area contributed by atoms with Gasteiger partial charge in [0.15, 0.2) is 0 Å². The molecular formula is C23H30N4O6S. The molecule has 3 N–H and O–H groups in total. The predicted molar refractivity (Wildman–Crippen MR) is 129 cm³/mol. The fourth-order valence-corrected chi connectivity index (χ4v) is 4.77. The summed E-state index contributed by atoms with van der Waals surface area (Å²) in [6.45, 7) is 4.01. The van der Waals surface area contributed by atoms with Gasteiger partial charge in [-0.05, 0) is 36.8 Å². The van der Waals surface area contributed by atoms with Crippen LogP contribution in [-0.4, -0.2) is 83.3 Å². The summed E-state index contributed by atoms with van der Waals surface area (Å²) < 4.78 is 32.6. The van der Waals surface area contributed by atoms with E-state index in [-0.39, 0.29) is 22.1 Å². The molecule has 1 heterocycles. The molecule has 0 aromatic heterocycles. The first-order chi connectivity index (χ1) is 16.3. The number of rotatable bonds is 11. The Hall–Kier alpha value is -3.15. The van der Waals surface area contributed by atoms with Crippen molar-refractivity contribution in [3.8, 4) is 0 Å². The number of carboxylic acids is 1. The quantitative estimate of drug-likeness (QED) is 0.404. The van der Waals surface area contributed by atoms with Gasteiger partial charge in [0.25, 0.3) is 10.0 Å². The number of benzene rings is 2. The first-order valence-corrected chi connectivity index (χ1v) is 12.5. The Bertz CT molecular complexity index is 1090. The van der Waals surface area contributed by atoms with Gasteiger partial charge in [0, 0.05) is 52.1 Å². The normalized spacial score (nSPS) is 14.6. The molecule has 1 saturated heterocycles. The van der Waals surface area contributed by atoms with Crippen molar-refractivity contribution >= 4 is 33.3 Å². The second-order valence-electron chi connectivity index (χ2n) is 7.91. The van der Waals surface area contributed by atoms with Gasteiger partial charge >= 0.3 is 5.97 Å². The first-order valence-electron chi connectivity index (χ1n) is 11.0. The van der Waals surface area contributed by atoms with Crippen LogP contribution in [0.3, 0.4) is 0 Å². The molecule has 1 aliphatic rings. The van der Waals surface area contributed by atoms with E-state index in [0.717, 1.165) is 6.42 Å². The lowest BCUT2D eigenvalue weighted by molar-refractivity contribution is -0.122. The molecule has 0 unspecified atom stereocenters. The number of methoxy groups -OCH3 is 1. The molecule has 0 saturated carbocycles. The monoisotopic (exact) mass is 490 g/mol. The standard InChI is InChI=1S/C23H30N4O6S/c1-33-15-5-10-24-22(28)17-26-11-13-27(14-12-26)18-8-9-21(20(16-18)23(29)30)25-34(31,32)19-6-3-2-4-7-19/h2-4,6-9,16,25H,5,10-15,17H2,1H3,(H,24,28)(H,29,30). The zero-order chi connectivity index (χ0) is 24.6. The molecule has 0 radical (unpaired) electrons. The third kappa shape index (κ3) is 6.92. The summed E-state index contributed by atoms with van der Waals surface area (Å²) in [5.74, 6) is -1.26. The minimum atomic E-state index is -3.91. The van der Waals surface area contributed by atoms with Crippen molar-refractivity contribution in [1.29, 1.82) is 0 Å². The highest BCUT2D eigenvalue weighted by molar-refractivity contribution is 7.92. The summed E-state index contributed by atoms with van der Waals surface area (Å²) in [5, 5.41) is 12.6. The minimum Gasteiger partial charge on any atom is -0.478 e. The highest BCUT2D eigenvalue weighted by Gasteiger charge is 2.23. The van der Waals surface area contributed by atoms with Crippen molar-refractivity contribution in [2.75, 3.05) is 62.6 Å². The summed E-state index contributed by atoms with van der Waals surface area (Å²) in [7, 11) is -2.29. The van der Waals surface area contributed by atoms with E-state index in [9.17, 15) is 23.1 Å². The van der Waals surface area contributed by atoms with Gasteiger partial charge in [0.2, 0.25) is 5.91 Å². The lowest BCUT2D eigenvalue weighted by atomic mass is 10.1. The van der Waals surface area contributed by atoms with Crippen LogP contribution in [0.2, 0.25) is 0 Å². The van der Waals surface area contributed by atoms with Crippen LogP contribution in [0.1, 0.15) is 16.8 Å². The van der Waals surface area contributed by atoms with Crippen molar-refractivity contribution < 1.29 is 27.9 Å². The molecule has 2 aromatic carbocycles. The Morgan fingerprint density at radius 2 is 1.76 bits per heavy atom. The lowest BCUT2D eigenvalue weighted by Crippen LogP contribution is -2.49. The maximum atomic E-state index is 12.6. The van der Waals surface area contributed by atoms with Crippen molar-refractivity contribution in [2.24, 2.45) is 0 Å². The van der Waals surface area contributed by atoms with E-state index in [1.807, 2.05) is 9.80 Å². The molecule has 184 valence electrons. The molecule has 0 atom stereocenters. The van der Waals surface area contributed by atoms with Crippen LogP contribution < -0.4 is 14.9 Å². The molecule has 3 rings (SSSR count). The topological polar surface area (TPSA) is 128 Å². The number of carbonyl (C=O) groups excluding carboxylic acids is 1. The average molecular weight is 491 g/mol. The van der Waals surface area contributed by atoms with Gasteiger partial charge in [-0.3, -0.25) is 14.4 Å². The molecule has 0 aliphatic carbocycles. The highest BCUT2D eigenvalue weighted by atomic mass is 32.2. The first kappa shape index (κ1) is 25.5. The van der Waals surface area contributed by atoms with Crippen molar-refractivity contribution in [3.05, 3.63) is 54.1 Å². The molecule has 10 nitrogen and oxygen atoms in total. The Labute approximate surface area is 199 Å². The van der Waals surface area contributed by atoms with Crippen molar-refractivity contribution in [2.45, 2.75) is 11.3 Å². The summed E-state index contributed by atoms with van der Waals surface area (Å²) in [6, 6.07) is 12.4. The van der Waals surface area contributed by atoms with Gasteiger partial charge in [0.1, 0.15) is 0 Å². The van der Waals surface area contributed by atoms with Gasteiger partial charge < -0.3 is 20.1 Å². The van der Waals surface area contributed by atoms with Crippen LogP contribution in [0, 0.1) is 0 Å². The summed E-state index contributed by atoms with van der Waals surface area (Å²) in [4.78, 5) is 28.1. The number of carbonyl (C=O) groups is 2. The number of nitrogens with one attached hydrogen (secondary N) is 2. The van der Waals surface area contributed by atoms with Crippen LogP contribution in [-0.2, 0) is 19.6 Å². The van der Waals surface area contributed by atoms with Crippen LogP contribution in [0.15, 0.2) is 53.4 Å². The number of sulfonamides is 1. The van der Waals surface area contributed by atoms with E-state index in [2.05, 4.69) is 10.0 Å². The smallest absolute Gasteiger partial charge is 0.337 e. The van der Waals surface area contributed by atoms with E-state index in [1.54, 1.807) is 31.4 Å². The summed E-state index contributed by atoms with van der Waals surface area (Å²) in [5.41, 5.74) is 0.558. The molecule has 1 amide bonds. The molecular weight excluding hydrogens is 460 g/mol. The van der Waals surface area contributed by atoms with Crippen LogP contribution >= 0.6 is 0 Å². The molecule has 0 bridgehead atoms. The Kier molecular flexibility index (Phi) is 8.85. The van der Waals surface area contributed by atoms with Crippen LogP contribution in [0.4, 0.5) is 11.4 Å². The van der Waals surface area contributed by atoms with Gasteiger partial charge in [-0.1, -0.05) is 18.2 Å². The number of aromatic carboxylic acids is 1. The Morgan fingerprint density at radius 3 is 2.41 bits per heavy atom. The average Bonchev–Trinajstić information content (AvgIpc) is 2.83. The molecule has 2 aromatic rings. The lowest BCUT2D eigenvalue weighted by Gasteiger charge is -2.36. The number of hydrogen-bond acceptors (Lipinski definition) is 7. The largest absolute Gasteiger partial charge is 0.478 e. The predicted octanol–water partition coefficient (Wildman–Crippen LogP) is 1.46. The Balaban J connectivity index is 1.61. The van der Waals surface area contributed by atoms with Crippen LogP contribution in [0.5, 0.6) is 0 Å². The zero-order valence-corrected chi connectivity index (χ0v) is 19.9. The fourth-order valence-electron chi connectivity index (χ4n) is 3.67. The fraction of sp³-hybridized carbons (Fsp3) is 0.391. The maximum Gasteiger partial charge on any atom is 0.337 e. The Morgan fingerprint density at radius 1 is 1.06 bits per heavy atom. The van der Waals surface area contributed by atoms with E-state index in [1.165, 1.54) is 24.3 Å². The summed E-state index contributed by atoms with van der Waals surface area (Å²) in [6.07, 6.45) is 0.763. The number of nitrogens with zero attached hydrogens (tertiary/aromatic N) is 2. The van der Waals surface area contributed by atoms with E-state index < -0.39 is 16.0 Å². The van der Waals surface area contributed by atoms with Crippen molar-refractivity contribution in [1.82, 2.24) is 10.2 Å². The maximum absolute atomic E-state index is 12.6. The minimum absolute atomic E-state index is 0.00360. The zero-order valence-electron chi connectivity index (χ0n) is 19.1. The highest BCUT2D eigenvalue weighted by Crippen LogP contribution is 2.26. The summed E-state index contributed by atoms with van der Waals surface area (Å²) >= 11 is 0. The molecule has 1 aliphatic heterocycles. The van der Waals surface area contributed by atoms with Gasteiger partial charge in [-0.25, -0.2) is 13.2 Å². The molecule has 0 spiro atoms. The number of piperazine rings is 1. The van der Waals surface area contributed by atoms with Crippen molar-refractivity contribution in [3.63, 3.8) is 0 Å². The van der Waals surface area contributed by atoms with E-state index in [4.69, 9.17) is 4.74 Å². The number of anilines is 2. The third-order valence-corrected chi connectivity index (χ3v) is 6.86. The van der Waals surface area contributed by atoms with Gasteiger partial charge in [0.05, 0.1) is 22.7 Å². The van der Waals surface area contributed by atoms with E-state index >= 15 is 0 Å². The number of ether oxygens (including phenoxy) is 1. The second-order valence-corrected chi connectivity index (χ2v) is 9.60. The molecule has 34 heavy (non-hydrogen) atoms. The second kappa shape index (κ2) is 11.8. The third-order valence-electron chi connectivity index (χ3n) is 5.48. The number of amides is 1. The SMILES string of the molecule is COCCCNC(=O)CN1CCN(c2ccc(NS(=O)(=O)c3ccccc3)c(C(=O)O)c2)CC1. The van der Waals surface area contributed by atoms with Gasteiger partial charge in [-0.2, -0.15) is 0 Å². The molecule has 11 heteroatoms.